The molecule has 42 heavy (non-hydrogen) atoms. The van der Waals surface area contributed by atoms with Crippen molar-refractivity contribution in [1.29, 1.82) is 0 Å². The van der Waals surface area contributed by atoms with E-state index in [4.69, 9.17) is 18.7 Å². The number of aliphatic hydroxyl groups is 1. The summed E-state index contributed by atoms with van der Waals surface area (Å²) in [5.41, 5.74) is 5.18. The fourth-order valence-corrected chi connectivity index (χ4v) is 6.75. The molecule has 2 N–H and O–H groups in total. The van der Waals surface area contributed by atoms with Crippen LogP contribution in [0.25, 0.3) is 10.9 Å². The van der Waals surface area contributed by atoms with Crippen molar-refractivity contribution in [3.63, 3.8) is 0 Å². The standard InChI is InChI=1S/C31H37N5O6/c1-18-28(19(2)42-33-18)32-30(38)36-16-31(17-36)15-35(13-20-9-22(40-5)11-23(10-20)41-6)26(14-37)29-27(31)24-8-7-21(39-4)12-25(24)34(29)3/h7-12,26,37H,13-17H2,1-6H3,(H,32,38)/t26-/m1/s1. The first-order chi connectivity index (χ1) is 20.2. The number of carbonyl (C=O) groups excluding carboxylic acids is 1. The van der Waals surface area contributed by atoms with Gasteiger partial charge in [-0.05, 0) is 49.2 Å². The Morgan fingerprint density at radius 1 is 1.05 bits per heavy atom. The van der Waals surface area contributed by atoms with E-state index >= 15 is 0 Å². The highest BCUT2D eigenvalue weighted by molar-refractivity contribution is 5.93. The van der Waals surface area contributed by atoms with Gasteiger partial charge in [-0.15, -0.1) is 0 Å². The highest BCUT2D eigenvalue weighted by Gasteiger charge is 2.54. The topological polar surface area (TPSA) is 114 Å². The van der Waals surface area contributed by atoms with E-state index in [9.17, 15) is 9.90 Å². The van der Waals surface area contributed by atoms with Crippen LogP contribution in [0, 0.1) is 13.8 Å². The summed E-state index contributed by atoms with van der Waals surface area (Å²) in [7, 11) is 6.97. The fraction of sp³-hybridized carbons (Fsp3) is 0.419. The number of fused-ring (bicyclic) bond motifs is 4. The monoisotopic (exact) mass is 575 g/mol. The number of anilines is 1. The summed E-state index contributed by atoms with van der Waals surface area (Å²) >= 11 is 0. The van der Waals surface area contributed by atoms with E-state index in [2.05, 4.69) is 26.0 Å². The van der Waals surface area contributed by atoms with Crippen LogP contribution in [0.15, 0.2) is 40.9 Å². The van der Waals surface area contributed by atoms with Crippen LogP contribution in [-0.2, 0) is 19.0 Å². The summed E-state index contributed by atoms with van der Waals surface area (Å²) in [4.78, 5) is 17.5. The molecule has 6 rings (SSSR count). The second kappa shape index (κ2) is 10.6. The second-order valence-electron chi connectivity index (χ2n) is 11.3. The summed E-state index contributed by atoms with van der Waals surface area (Å²) in [6, 6.07) is 11.5. The van der Waals surface area contributed by atoms with Gasteiger partial charge in [0.15, 0.2) is 5.76 Å². The first-order valence-electron chi connectivity index (χ1n) is 13.9. The van der Waals surface area contributed by atoms with E-state index in [1.165, 1.54) is 5.56 Å². The maximum Gasteiger partial charge on any atom is 0.322 e. The Morgan fingerprint density at radius 3 is 2.33 bits per heavy atom. The number of carbonyl (C=O) groups is 1. The predicted molar refractivity (Wildman–Crippen MR) is 158 cm³/mol. The fourth-order valence-electron chi connectivity index (χ4n) is 6.75. The predicted octanol–water partition coefficient (Wildman–Crippen LogP) is 4.14. The Morgan fingerprint density at radius 2 is 1.74 bits per heavy atom. The lowest BCUT2D eigenvalue weighted by Gasteiger charge is -2.56. The van der Waals surface area contributed by atoms with Gasteiger partial charge in [-0.25, -0.2) is 4.79 Å². The molecule has 0 bridgehead atoms. The molecule has 0 aliphatic carbocycles. The number of aryl methyl sites for hydroxylation is 3. The van der Waals surface area contributed by atoms with E-state index in [1.54, 1.807) is 28.3 Å². The van der Waals surface area contributed by atoms with Crippen LogP contribution >= 0.6 is 0 Å². The molecule has 0 radical (unpaired) electrons. The van der Waals surface area contributed by atoms with Crippen LogP contribution in [0.3, 0.4) is 0 Å². The van der Waals surface area contributed by atoms with Gasteiger partial charge in [-0.2, -0.15) is 0 Å². The molecule has 2 aromatic heterocycles. The number of aliphatic hydroxyl groups excluding tert-OH is 1. The highest BCUT2D eigenvalue weighted by Crippen LogP contribution is 2.50. The van der Waals surface area contributed by atoms with Crippen molar-refractivity contribution in [2.45, 2.75) is 31.8 Å². The molecule has 0 saturated carbocycles. The summed E-state index contributed by atoms with van der Waals surface area (Å²) < 4.78 is 24.0. The maximum atomic E-state index is 13.4. The number of urea groups is 1. The third kappa shape index (κ3) is 4.44. The van der Waals surface area contributed by atoms with Crippen molar-refractivity contribution in [2.75, 3.05) is 52.9 Å². The third-order valence-electron chi connectivity index (χ3n) is 8.75. The minimum atomic E-state index is -0.339. The molecule has 1 spiro atoms. The minimum Gasteiger partial charge on any atom is -0.497 e. The van der Waals surface area contributed by atoms with Crippen LogP contribution in [0.4, 0.5) is 10.5 Å². The van der Waals surface area contributed by atoms with E-state index in [0.29, 0.717) is 54.8 Å². The van der Waals surface area contributed by atoms with Crippen molar-refractivity contribution < 1.29 is 28.6 Å². The smallest absolute Gasteiger partial charge is 0.322 e. The summed E-state index contributed by atoms with van der Waals surface area (Å²) in [5.74, 6) is 2.76. The Labute approximate surface area is 244 Å². The zero-order valence-corrected chi connectivity index (χ0v) is 24.9. The third-order valence-corrected chi connectivity index (χ3v) is 8.75. The van der Waals surface area contributed by atoms with Gasteiger partial charge in [-0.1, -0.05) is 5.16 Å². The molecular formula is C31H37N5O6. The number of hydrogen-bond acceptors (Lipinski definition) is 8. The highest BCUT2D eigenvalue weighted by atomic mass is 16.5. The van der Waals surface area contributed by atoms with E-state index in [0.717, 1.165) is 27.9 Å². The first-order valence-corrected chi connectivity index (χ1v) is 13.9. The number of hydrogen-bond donors (Lipinski definition) is 2. The van der Waals surface area contributed by atoms with Crippen LogP contribution in [0.5, 0.6) is 17.2 Å². The van der Waals surface area contributed by atoms with Gasteiger partial charge in [0.05, 0.1) is 39.5 Å². The molecule has 2 aliphatic heterocycles. The van der Waals surface area contributed by atoms with Crippen molar-refractivity contribution >= 4 is 22.6 Å². The van der Waals surface area contributed by atoms with Gasteiger partial charge < -0.3 is 38.6 Å². The van der Waals surface area contributed by atoms with Gasteiger partial charge in [-0.3, -0.25) is 4.90 Å². The Hall–Kier alpha value is -4.22. The maximum absolute atomic E-state index is 13.4. The molecule has 1 saturated heterocycles. The zero-order valence-electron chi connectivity index (χ0n) is 24.9. The van der Waals surface area contributed by atoms with Gasteiger partial charge in [0.1, 0.15) is 28.6 Å². The SMILES string of the molecule is COc1cc(CN2CC3(CN(C(=O)Nc4c(C)noc4C)C3)c3c(n(C)c4cc(OC)ccc34)[C@H]2CO)cc(OC)c1. The average Bonchev–Trinajstić information content (AvgIpc) is 3.45. The lowest BCUT2D eigenvalue weighted by molar-refractivity contribution is 0.0110. The number of methoxy groups -OCH3 is 3. The number of nitrogens with one attached hydrogen (secondary N) is 1. The number of rotatable bonds is 7. The van der Waals surface area contributed by atoms with E-state index < -0.39 is 0 Å². The number of likely N-dealkylation sites (tertiary alicyclic amines) is 1. The molecule has 11 nitrogen and oxygen atoms in total. The van der Waals surface area contributed by atoms with Crippen molar-refractivity contribution in [1.82, 2.24) is 19.5 Å². The van der Waals surface area contributed by atoms with Crippen molar-refractivity contribution in [3.8, 4) is 17.2 Å². The van der Waals surface area contributed by atoms with Crippen molar-refractivity contribution in [2.24, 2.45) is 7.05 Å². The van der Waals surface area contributed by atoms with Crippen LogP contribution in [0.2, 0.25) is 0 Å². The summed E-state index contributed by atoms with van der Waals surface area (Å²) in [6.07, 6.45) is 0. The van der Waals surface area contributed by atoms with Gasteiger partial charge in [0.25, 0.3) is 0 Å². The molecule has 2 aromatic carbocycles. The van der Waals surface area contributed by atoms with Crippen molar-refractivity contribution in [3.05, 3.63) is 64.7 Å². The minimum absolute atomic E-state index is 0.0538. The molecule has 4 aromatic rings. The Bertz CT molecular complexity index is 1610. The van der Waals surface area contributed by atoms with E-state index in [-0.39, 0.29) is 24.1 Å². The molecule has 4 heterocycles. The normalized spacial score (nSPS) is 17.7. The number of benzene rings is 2. The molecule has 2 amide bonds. The molecule has 222 valence electrons. The molecule has 1 atom stereocenters. The zero-order chi connectivity index (χ0) is 29.8. The molecule has 1 fully saturated rings. The number of aromatic nitrogens is 2. The molecule has 2 aliphatic rings. The Balaban J connectivity index is 1.40. The summed E-state index contributed by atoms with van der Waals surface area (Å²) in [6.45, 7) is 5.81. The van der Waals surface area contributed by atoms with Gasteiger partial charge in [0.2, 0.25) is 0 Å². The average molecular weight is 576 g/mol. The Kier molecular flexibility index (Phi) is 7.02. The number of ether oxygens (including phenoxy) is 3. The van der Waals surface area contributed by atoms with Gasteiger partial charge in [0, 0.05) is 61.9 Å². The summed E-state index contributed by atoms with van der Waals surface area (Å²) in [5, 5.41) is 18.9. The number of amides is 2. The largest absolute Gasteiger partial charge is 0.497 e. The number of nitrogens with zero attached hydrogens (tertiary/aromatic N) is 4. The second-order valence-corrected chi connectivity index (χ2v) is 11.3. The van der Waals surface area contributed by atoms with Crippen LogP contribution < -0.4 is 19.5 Å². The van der Waals surface area contributed by atoms with E-state index in [1.807, 2.05) is 49.2 Å². The molecule has 0 unspecified atom stereocenters. The van der Waals surface area contributed by atoms with Crippen LogP contribution in [-0.4, -0.2) is 78.2 Å². The first kappa shape index (κ1) is 27.9. The molecular weight excluding hydrogens is 538 g/mol. The lowest BCUT2D eigenvalue weighted by Crippen LogP contribution is -2.68. The molecule has 11 heteroatoms. The quantitative estimate of drug-likeness (QED) is 0.338. The van der Waals surface area contributed by atoms with Crippen LogP contribution in [0.1, 0.15) is 34.3 Å². The van der Waals surface area contributed by atoms with Gasteiger partial charge >= 0.3 is 6.03 Å². The lowest BCUT2D eigenvalue weighted by atomic mass is 9.68.